The number of alkyl halides is 3. The van der Waals surface area contributed by atoms with E-state index in [9.17, 15) is 18.0 Å². The van der Waals surface area contributed by atoms with Crippen LogP contribution in [-0.4, -0.2) is 37.0 Å². The molecular weight excluding hydrogens is 507 g/mol. The van der Waals surface area contributed by atoms with Crippen LogP contribution in [0.3, 0.4) is 0 Å². The minimum absolute atomic E-state index is 0.00173. The number of hydrogen-bond donors (Lipinski definition) is 2. The fourth-order valence-corrected chi connectivity index (χ4v) is 4.51. The zero-order valence-electron chi connectivity index (χ0n) is 20.4. The van der Waals surface area contributed by atoms with Crippen LogP contribution in [0.15, 0.2) is 41.5 Å². The molecule has 3 aromatic heterocycles. The number of anilines is 2. The molecule has 4 heterocycles. The largest absolute Gasteiger partial charge is 0.408 e. The van der Waals surface area contributed by atoms with Crippen LogP contribution in [0, 0.1) is 0 Å². The minimum Gasteiger partial charge on any atom is -0.324 e. The molecule has 0 radical (unpaired) electrons. The smallest absolute Gasteiger partial charge is 0.324 e. The van der Waals surface area contributed by atoms with Crippen molar-refractivity contribution >= 4 is 34.3 Å². The summed E-state index contributed by atoms with van der Waals surface area (Å²) in [4.78, 5) is 26.1. The first-order chi connectivity index (χ1) is 17.4. The molecule has 2 N–H and O–H groups in total. The highest BCUT2D eigenvalue weighted by atomic mass is 35.5. The Morgan fingerprint density at radius 3 is 2.62 bits per heavy atom. The molecule has 0 atom stereocenters. The monoisotopic (exact) mass is 531 g/mol. The Morgan fingerprint density at radius 2 is 1.89 bits per heavy atom. The quantitative estimate of drug-likeness (QED) is 0.390. The maximum absolute atomic E-state index is 13.5. The van der Waals surface area contributed by atoms with Gasteiger partial charge in [0.2, 0.25) is 5.95 Å². The lowest BCUT2D eigenvalue weighted by molar-refractivity contribution is -0.144. The Hall–Kier alpha value is -3.44. The van der Waals surface area contributed by atoms with Gasteiger partial charge in [-0.15, -0.1) is 0 Å². The second-order valence-corrected chi connectivity index (χ2v) is 10.4. The summed E-state index contributed by atoms with van der Waals surface area (Å²) in [5.41, 5.74) is 2.61. The molecule has 194 valence electrons. The molecule has 1 aliphatic rings. The number of nitrogens with zero attached hydrogens (tertiary/aromatic N) is 5. The van der Waals surface area contributed by atoms with Crippen LogP contribution in [-0.2, 0) is 24.9 Å². The Balaban J connectivity index is 1.67. The zero-order valence-corrected chi connectivity index (χ0v) is 21.2. The van der Waals surface area contributed by atoms with E-state index in [0.29, 0.717) is 10.4 Å². The van der Waals surface area contributed by atoms with Gasteiger partial charge >= 0.3 is 6.18 Å². The summed E-state index contributed by atoms with van der Waals surface area (Å²) in [5, 5.41) is 6.46. The number of benzene rings is 1. The maximum atomic E-state index is 13.5. The van der Waals surface area contributed by atoms with Gasteiger partial charge in [0.15, 0.2) is 5.65 Å². The SMILES string of the molecule is CC(C)(C)c1cc(-n2c3nc(Nc4ccc5c(c4)CCNC5)ncc3c(=O)n2CC(F)(F)F)c(Cl)cn1. The van der Waals surface area contributed by atoms with E-state index < -0.39 is 23.7 Å². The van der Waals surface area contributed by atoms with Crippen LogP contribution in [0.25, 0.3) is 16.7 Å². The number of nitrogens with one attached hydrogen (secondary N) is 2. The molecule has 0 saturated heterocycles. The number of fused-ring (bicyclic) bond motifs is 2. The molecule has 12 heteroatoms. The summed E-state index contributed by atoms with van der Waals surface area (Å²) in [6.07, 6.45) is -1.18. The van der Waals surface area contributed by atoms with Crippen molar-refractivity contribution in [3.05, 3.63) is 68.9 Å². The number of rotatable bonds is 4. The van der Waals surface area contributed by atoms with Crippen LogP contribution in [0.5, 0.6) is 0 Å². The van der Waals surface area contributed by atoms with Gasteiger partial charge in [0, 0.05) is 35.7 Å². The van der Waals surface area contributed by atoms with Gasteiger partial charge in [-0.2, -0.15) is 18.2 Å². The summed E-state index contributed by atoms with van der Waals surface area (Å²) >= 11 is 6.43. The predicted octanol–water partition coefficient (Wildman–Crippen LogP) is 4.88. The standard InChI is InChI=1S/C25H25ClF3N7O/c1-24(2,3)20-9-19(18(26)12-31-20)36-21-17(22(37)35(36)13-25(27,28)29)11-32-23(34-21)33-16-5-4-15-10-30-7-6-14(15)8-16/h4-5,8-9,11-12,30H,6-7,10,13H2,1-3H3,(H,32,33,34). The molecule has 0 saturated carbocycles. The van der Waals surface area contributed by atoms with E-state index >= 15 is 0 Å². The van der Waals surface area contributed by atoms with E-state index in [2.05, 4.69) is 25.6 Å². The van der Waals surface area contributed by atoms with Gasteiger partial charge < -0.3 is 10.6 Å². The van der Waals surface area contributed by atoms with Gasteiger partial charge in [-0.3, -0.25) is 9.78 Å². The van der Waals surface area contributed by atoms with Crippen molar-refractivity contribution in [1.82, 2.24) is 29.6 Å². The van der Waals surface area contributed by atoms with Gasteiger partial charge in [0.1, 0.15) is 11.9 Å². The molecule has 0 bridgehead atoms. The molecule has 0 fully saturated rings. The van der Waals surface area contributed by atoms with Gasteiger partial charge in [-0.05, 0) is 42.3 Å². The van der Waals surface area contributed by atoms with Crippen molar-refractivity contribution in [2.24, 2.45) is 0 Å². The number of aromatic nitrogens is 5. The molecule has 4 aromatic rings. The summed E-state index contributed by atoms with van der Waals surface area (Å²) in [6.45, 7) is 5.90. The van der Waals surface area contributed by atoms with Gasteiger partial charge in [0.25, 0.3) is 5.56 Å². The maximum Gasteiger partial charge on any atom is 0.408 e. The zero-order chi connectivity index (χ0) is 26.5. The van der Waals surface area contributed by atoms with Crippen LogP contribution in [0.4, 0.5) is 24.8 Å². The molecule has 8 nitrogen and oxygen atoms in total. The van der Waals surface area contributed by atoms with Crippen LogP contribution in [0.1, 0.15) is 37.6 Å². The fraction of sp³-hybridized carbons (Fsp3) is 0.360. The molecule has 0 amide bonds. The van der Waals surface area contributed by atoms with E-state index in [1.54, 1.807) is 6.07 Å². The molecular formula is C25H25ClF3N7O. The highest BCUT2D eigenvalue weighted by Gasteiger charge is 2.32. The lowest BCUT2D eigenvalue weighted by Crippen LogP contribution is -2.30. The van der Waals surface area contributed by atoms with E-state index in [4.69, 9.17) is 11.6 Å². The lowest BCUT2D eigenvalue weighted by atomic mass is 9.91. The molecule has 1 aliphatic heterocycles. The van der Waals surface area contributed by atoms with E-state index in [-0.39, 0.29) is 27.7 Å². The summed E-state index contributed by atoms with van der Waals surface area (Å²) < 4.78 is 42.3. The van der Waals surface area contributed by atoms with Gasteiger partial charge in [-0.25, -0.2) is 14.3 Å². The van der Waals surface area contributed by atoms with Crippen molar-refractivity contribution in [2.75, 3.05) is 11.9 Å². The highest BCUT2D eigenvalue weighted by molar-refractivity contribution is 6.32. The number of pyridine rings is 1. The van der Waals surface area contributed by atoms with Crippen molar-refractivity contribution in [1.29, 1.82) is 0 Å². The van der Waals surface area contributed by atoms with Gasteiger partial charge in [0.05, 0.1) is 10.7 Å². The molecule has 1 aromatic carbocycles. The highest BCUT2D eigenvalue weighted by Crippen LogP contribution is 2.30. The topological polar surface area (TPSA) is 89.7 Å². The summed E-state index contributed by atoms with van der Waals surface area (Å²) in [6, 6.07) is 7.47. The normalized spacial score (nSPS) is 14.1. The van der Waals surface area contributed by atoms with Crippen molar-refractivity contribution in [2.45, 2.75) is 51.9 Å². The van der Waals surface area contributed by atoms with Crippen molar-refractivity contribution in [3.8, 4) is 5.69 Å². The van der Waals surface area contributed by atoms with Crippen LogP contribution < -0.4 is 16.2 Å². The van der Waals surface area contributed by atoms with Crippen LogP contribution in [0.2, 0.25) is 5.02 Å². The predicted molar refractivity (Wildman–Crippen MR) is 136 cm³/mol. The third-order valence-corrected chi connectivity index (χ3v) is 6.48. The third kappa shape index (κ3) is 5.05. The average molecular weight is 532 g/mol. The van der Waals surface area contributed by atoms with Gasteiger partial charge in [-0.1, -0.05) is 38.4 Å². The molecule has 0 aliphatic carbocycles. The second kappa shape index (κ2) is 9.14. The molecule has 5 rings (SSSR count). The fourth-order valence-electron chi connectivity index (χ4n) is 4.33. The van der Waals surface area contributed by atoms with Crippen molar-refractivity contribution in [3.63, 3.8) is 0 Å². The number of hydrogen-bond acceptors (Lipinski definition) is 6. The average Bonchev–Trinajstić information content (AvgIpc) is 3.08. The third-order valence-electron chi connectivity index (χ3n) is 6.19. The van der Waals surface area contributed by atoms with Crippen LogP contribution >= 0.6 is 11.6 Å². The van der Waals surface area contributed by atoms with E-state index in [0.717, 1.165) is 29.9 Å². The van der Waals surface area contributed by atoms with Crippen molar-refractivity contribution < 1.29 is 13.2 Å². The molecule has 0 spiro atoms. The Bertz CT molecular complexity index is 1550. The number of halogens is 4. The second-order valence-electron chi connectivity index (χ2n) is 10.0. The van der Waals surface area contributed by atoms with E-state index in [1.165, 1.54) is 23.5 Å². The lowest BCUT2D eigenvalue weighted by Gasteiger charge is -2.21. The first kappa shape index (κ1) is 25.2. The first-order valence-electron chi connectivity index (χ1n) is 11.7. The summed E-state index contributed by atoms with van der Waals surface area (Å²) in [5.74, 6) is 0.139. The molecule has 37 heavy (non-hydrogen) atoms. The minimum atomic E-state index is -4.66. The Labute approximate surface area is 215 Å². The first-order valence-corrected chi connectivity index (χ1v) is 12.1. The molecule has 0 unspecified atom stereocenters. The Morgan fingerprint density at radius 1 is 1.11 bits per heavy atom. The summed E-state index contributed by atoms with van der Waals surface area (Å²) in [7, 11) is 0. The van der Waals surface area contributed by atoms with E-state index in [1.807, 2.05) is 39.0 Å². The Kier molecular flexibility index (Phi) is 6.23.